The van der Waals surface area contributed by atoms with Crippen molar-refractivity contribution in [3.05, 3.63) is 39.2 Å². The second-order valence-corrected chi connectivity index (χ2v) is 8.74. The number of aryl methyl sites for hydroxylation is 3. The van der Waals surface area contributed by atoms with E-state index in [1.165, 1.54) is 34.8 Å². The zero-order valence-electron chi connectivity index (χ0n) is 15.6. The van der Waals surface area contributed by atoms with Crippen molar-refractivity contribution in [2.75, 3.05) is 26.2 Å². The fraction of sp³-hybridized carbons (Fsp3) is 0.650. The SMILES string of the molecule is Cc1ccc(CN2CCN(Cc3nc4c(s3)CCCC4)C[C@@H]2CCO)o1. The van der Waals surface area contributed by atoms with Gasteiger partial charge in [-0.25, -0.2) is 4.98 Å². The van der Waals surface area contributed by atoms with Crippen LogP contribution in [0, 0.1) is 6.92 Å². The first-order valence-electron chi connectivity index (χ1n) is 9.81. The van der Waals surface area contributed by atoms with Crippen LogP contribution >= 0.6 is 11.3 Å². The molecule has 1 aliphatic heterocycles. The molecule has 26 heavy (non-hydrogen) atoms. The van der Waals surface area contributed by atoms with Gasteiger partial charge in [-0.2, -0.15) is 0 Å². The molecule has 0 radical (unpaired) electrons. The van der Waals surface area contributed by atoms with Crippen LogP contribution in [-0.4, -0.2) is 52.2 Å². The summed E-state index contributed by atoms with van der Waals surface area (Å²) in [4.78, 5) is 11.4. The number of furan rings is 1. The molecule has 142 valence electrons. The number of aromatic nitrogens is 1. The maximum Gasteiger partial charge on any atom is 0.118 e. The molecule has 4 rings (SSSR count). The Kier molecular flexibility index (Phi) is 5.74. The molecule has 1 N–H and O–H groups in total. The highest BCUT2D eigenvalue weighted by Gasteiger charge is 2.28. The molecule has 0 unspecified atom stereocenters. The molecule has 0 saturated carbocycles. The minimum absolute atomic E-state index is 0.234. The Morgan fingerprint density at radius 3 is 2.88 bits per heavy atom. The monoisotopic (exact) mass is 375 g/mol. The van der Waals surface area contributed by atoms with Crippen molar-refractivity contribution in [3.63, 3.8) is 0 Å². The second kappa shape index (κ2) is 8.21. The van der Waals surface area contributed by atoms with E-state index in [0.717, 1.165) is 57.1 Å². The van der Waals surface area contributed by atoms with Gasteiger partial charge in [-0.1, -0.05) is 0 Å². The Labute approximate surface area is 159 Å². The van der Waals surface area contributed by atoms with E-state index in [4.69, 9.17) is 9.40 Å². The predicted molar refractivity (Wildman–Crippen MR) is 103 cm³/mol. The number of thiazole rings is 1. The maximum atomic E-state index is 9.51. The fourth-order valence-corrected chi connectivity index (χ4v) is 5.37. The van der Waals surface area contributed by atoms with E-state index in [9.17, 15) is 5.11 Å². The molecule has 0 aromatic carbocycles. The first-order valence-corrected chi connectivity index (χ1v) is 10.6. The average molecular weight is 376 g/mol. The second-order valence-electron chi connectivity index (χ2n) is 7.57. The molecule has 1 saturated heterocycles. The lowest BCUT2D eigenvalue weighted by atomic mass is 10.0. The van der Waals surface area contributed by atoms with Crippen LogP contribution < -0.4 is 0 Å². The van der Waals surface area contributed by atoms with E-state index in [1.54, 1.807) is 0 Å². The average Bonchev–Trinajstić information content (AvgIpc) is 3.22. The normalized spacial score (nSPS) is 21.8. The maximum absolute atomic E-state index is 9.51. The summed E-state index contributed by atoms with van der Waals surface area (Å²) in [7, 11) is 0. The summed E-state index contributed by atoms with van der Waals surface area (Å²) >= 11 is 1.92. The van der Waals surface area contributed by atoms with Gasteiger partial charge in [0.25, 0.3) is 0 Å². The Morgan fingerprint density at radius 1 is 1.23 bits per heavy atom. The largest absolute Gasteiger partial charge is 0.465 e. The highest BCUT2D eigenvalue weighted by Crippen LogP contribution is 2.28. The summed E-state index contributed by atoms with van der Waals surface area (Å²) in [6.07, 6.45) is 5.80. The predicted octanol–water partition coefficient (Wildman–Crippen LogP) is 2.99. The van der Waals surface area contributed by atoms with E-state index in [-0.39, 0.29) is 6.61 Å². The molecule has 5 nitrogen and oxygen atoms in total. The lowest BCUT2D eigenvalue weighted by Gasteiger charge is -2.40. The third kappa shape index (κ3) is 4.19. The van der Waals surface area contributed by atoms with E-state index in [0.29, 0.717) is 6.04 Å². The van der Waals surface area contributed by atoms with Crippen LogP contribution in [-0.2, 0) is 25.9 Å². The smallest absolute Gasteiger partial charge is 0.118 e. The van der Waals surface area contributed by atoms with E-state index in [2.05, 4.69) is 15.9 Å². The molecule has 0 spiro atoms. The highest BCUT2D eigenvalue weighted by atomic mass is 32.1. The summed E-state index contributed by atoms with van der Waals surface area (Å²) in [5, 5.41) is 10.8. The van der Waals surface area contributed by atoms with Gasteiger partial charge in [0.2, 0.25) is 0 Å². The molecular weight excluding hydrogens is 346 g/mol. The van der Waals surface area contributed by atoms with Gasteiger partial charge in [-0.05, 0) is 51.2 Å². The molecule has 1 atom stereocenters. The molecule has 6 heteroatoms. The van der Waals surface area contributed by atoms with Gasteiger partial charge in [-0.15, -0.1) is 11.3 Å². The van der Waals surface area contributed by atoms with Crippen LogP contribution in [0.4, 0.5) is 0 Å². The summed E-state index contributed by atoms with van der Waals surface area (Å²) in [5.74, 6) is 1.98. The van der Waals surface area contributed by atoms with Crippen LogP contribution in [0.5, 0.6) is 0 Å². The molecule has 2 aromatic rings. The number of nitrogens with zero attached hydrogens (tertiary/aromatic N) is 3. The van der Waals surface area contributed by atoms with Gasteiger partial charge in [0.15, 0.2) is 0 Å². The minimum Gasteiger partial charge on any atom is -0.465 e. The molecule has 2 aliphatic rings. The number of fused-ring (bicyclic) bond motifs is 1. The summed E-state index contributed by atoms with van der Waals surface area (Å²) < 4.78 is 5.76. The third-order valence-corrected chi connectivity index (χ3v) is 6.70. The Bertz CT molecular complexity index is 703. The van der Waals surface area contributed by atoms with E-state index >= 15 is 0 Å². The Morgan fingerprint density at radius 2 is 2.12 bits per heavy atom. The van der Waals surface area contributed by atoms with Gasteiger partial charge in [0.1, 0.15) is 16.5 Å². The standard InChI is InChI=1S/C20H29N3O2S/c1-15-6-7-17(25-15)13-23-10-9-22(12-16(23)8-11-24)14-20-21-18-4-2-3-5-19(18)26-20/h6-7,16,24H,2-5,8-14H2,1H3/t16-/m0/s1. The van der Waals surface area contributed by atoms with Crippen molar-refractivity contribution in [1.29, 1.82) is 0 Å². The number of piperazine rings is 1. The van der Waals surface area contributed by atoms with Gasteiger partial charge in [-0.3, -0.25) is 9.80 Å². The number of aliphatic hydroxyl groups excluding tert-OH is 1. The van der Waals surface area contributed by atoms with Crippen molar-refractivity contribution < 1.29 is 9.52 Å². The Balaban J connectivity index is 1.38. The number of hydrogen-bond donors (Lipinski definition) is 1. The number of hydrogen-bond acceptors (Lipinski definition) is 6. The lowest BCUT2D eigenvalue weighted by molar-refractivity contribution is 0.0454. The van der Waals surface area contributed by atoms with Crippen molar-refractivity contribution in [3.8, 4) is 0 Å². The summed E-state index contributed by atoms with van der Waals surface area (Å²) in [6, 6.07) is 4.46. The summed E-state index contributed by atoms with van der Waals surface area (Å²) in [6.45, 7) is 7.05. The van der Waals surface area contributed by atoms with Crippen LogP contribution in [0.2, 0.25) is 0 Å². The lowest BCUT2D eigenvalue weighted by Crippen LogP contribution is -2.52. The van der Waals surface area contributed by atoms with E-state index < -0.39 is 0 Å². The molecule has 3 heterocycles. The highest BCUT2D eigenvalue weighted by molar-refractivity contribution is 7.11. The quantitative estimate of drug-likeness (QED) is 0.841. The van der Waals surface area contributed by atoms with Gasteiger partial charge in [0.05, 0.1) is 18.8 Å². The van der Waals surface area contributed by atoms with Crippen LogP contribution in [0.1, 0.15) is 46.4 Å². The topological polar surface area (TPSA) is 52.7 Å². The Hall–Kier alpha value is -1.21. The number of aliphatic hydroxyl groups is 1. The van der Waals surface area contributed by atoms with Crippen molar-refractivity contribution in [1.82, 2.24) is 14.8 Å². The molecule has 1 aliphatic carbocycles. The van der Waals surface area contributed by atoms with Crippen LogP contribution in [0.15, 0.2) is 16.5 Å². The summed E-state index contributed by atoms with van der Waals surface area (Å²) in [5.41, 5.74) is 1.36. The first kappa shape index (κ1) is 18.2. The molecule has 2 aromatic heterocycles. The molecular formula is C20H29N3O2S. The van der Waals surface area contributed by atoms with Crippen LogP contribution in [0.25, 0.3) is 0 Å². The molecule has 1 fully saturated rings. The molecule has 0 bridgehead atoms. The minimum atomic E-state index is 0.234. The van der Waals surface area contributed by atoms with Gasteiger partial charge < -0.3 is 9.52 Å². The van der Waals surface area contributed by atoms with Crippen molar-refractivity contribution in [2.24, 2.45) is 0 Å². The van der Waals surface area contributed by atoms with E-state index in [1.807, 2.05) is 24.3 Å². The van der Waals surface area contributed by atoms with Crippen LogP contribution in [0.3, 0.4) is 0 Å². The zero-order chi connectivity index (χ0) is 17.9. The van der Waals surface area contributed by atoms with Gasteiger partial charge >= 0.3 is 0 Å². The number of rotatable bonds is 6. The van der Waals surface area contributed by atoms with Crippen molar-refractivity contribution in [2.45, 2.75) is 58.2 Å². The fourth-order valence-electron chi connectivity index (χ4n) is 4.17. The molecule has 0 amide bonds. The van der Waals surface area contributed by atoms with Crippen molar-refractivity contribution >= 4 is 11.3 Å². The van der Waals surface area contributed by atoms with Gasteiger partial charge in [0, 0.05) is 37.2 Å². The third-order valence-electron chi connectivity index (χ3n) is 5.55. The first-order chi connectivity index (χ1) is 12.7. The zero-order valence-corrected chi connectivity index (χ0v) is 16.4.